The van der Waals surface area contributed by atoms with Crippen molar-refractivity contribution in [3.63, 3.8) is 0 Å². The van der Waals surface area contributed by atoms with Gasteiger partial charge in [-0.05, 0) is 35.8 Å². The Bertz CT molecular complexity index is 446. The van der Waals surface area contributed by atoms with Crippen molar-refractivity contribution in [2.24, 2.45) is 0 Å². The molecule has 0 fully saturated rings. The molecule has 0 atom stereocenters. The number of benzene rings is 1. The second-order valence-corrected chi connectivity index (χ2v) is 4.94. The predicted octanol–water partition coefficient (Wildman–Crippen LogP) is 3.38. The third-order valence-corrected chi connectivity index (χ3v) is 3.37. The van der Waals surface area contributed by atoms with Crippen LogP contribution in [0.2, 0.25) is 5.02 Å². The first kappa shape index (κ1) is 11.1. The van der Waals surface area contributed by atoms with Crippen LogP contribution in [-0.2, 0) is 6.61 Å². The molecule has 0 saturated carbocycles. The molecule has 0 N–H and O–H groups in total. The van der Waals surface area contributed by atoms with Gasteiger partial charge in [-0.15, -0.1) is 0 Å². The highest BCUT2D eigenvalue weighted by atomic mass is 127. The van der Waals surface area contributed by atoms with Crippen LogP contribution in [-0.4, -0.2) is 9.36 Å². The summed E-state index contributed by atoms with van der Waals surface area (Å²) in [6.45, 7) is 0.447. The van der Waals surface area contributed by atoms with Gasteiger partial charge in [0.15, 0.2) is 5.01 Å². The molecule has 0 amide bonds. The Kier molecular flexibility index (Phi) is 3.76. The Hall–Kier alpha value is -0.400. The molecule has 6 heteroatoms. The molecule has 0 unspecified atom stereocenters. The maximum absolute atomic E-state index is 5.76. The molecule has 0 radical (unpaired) electrons. The molecule has 0 bridgehead atoms. The van der Waals surface area contributed by atoms with Crippen LogP contribution in [0.3, 0.4) is 0 Å². The summed E-state index contributed by atoms with van der Waals surface area (Å²) in [5, 5.41) is 1.57. The van der Waals surface area contributed by atoms with Gasteiger partial charge in [-0.1, -0.05) is 11.6 Å². The summed E-state index contributed by atoms with van der Waals surface area (Å²) in [5.74, 6) is 0.782. The Morgan fingerprint density at radius 2 is 2.07 bits per heavy atom. The molecule has 1 aromatic heterocycles. The number of rotatable bonds is 3. The highest BCUT2D eigenvalue weighted by Gasteiger charge is 2.01. The summed E-state index contributed by atoms with van der Waals surface area (Å²) in [4.78, 5) is 4.19. The first-order valence-corrected chi connectivity index (χ1v) is 6.33. The Morgan fingerprint density at radius 1 is 1.33 bits per heavy atom. The lowest BCUT2D eigenvalue weighted by molar-refractivity contribution is 0.305. The van der Waals surface area contributed by atoms with E-state index in [4.69, 9.17) is 16.3 Å². The third-order valence-electron chi connectivity index (χ3n) is 1.62. The van der Waals surface area contributed by atoms with E-state index in [0.29, 0.717) is 11.6 Å². The summed E-state index contributed by atoms with van der Waals surface area (Å²) in [6, 6.07) is 7.24. The van der Waals surface area contributed by atoms with Crippen molar-refractivity contribution in [1.82, 2.24) is 9.36 Å². The summed E-state index contributed by atoms with van der Waals surface area (Å²) in [7, 11) is 0. The van der Waals surface area contributed by atoms with E-state index in [2.05, 4.69) is 31.9 Å². The first-order chi connectivity index (χ1) is 7.24. The molecule has 15 heavy (non-hydrogen) atoms. The lowest BCUT2D eigenvalue weighted by Crippen LogP contribution is -1.94. The molecular weight excluding hydrogens is 347 g/mol. The zero-order valence-corrected chi connectivity index (χ0v) is 11.2. The van der Waals surface area contributed by atoms with Gasteiger partial charge >= 0.3 is 0 Å². The average molecular weight is 353 g/mol. The van der Waals surface area contributed by atoms with Gasteiger partial charge in [-0.2, -0.15) is 4.37 Å². The highest BCUT2D eigenvalue weighted by Crippen LogP contribution is 2.17. The maximum atomic E-state index is 5.76. The fourth-order valence-corrected chi connectivity index (χ4v) is 2.31. The lowest BCUT2D eigenvalue weighted by Gasteiger charge is -2.02. The van der Waals surface area contributed by atoms with E-state index < -0.39 is 0 Å². The van der Waals surface area contributed by atoms with Crippen LogP contribution in [0.1, 0.15) is 5.01 Å². The van der Waals surface area contributed by atoms with Crippen LogP contribution in [0.4, 0.5) is 0 Å². The Labute approximate surface area is 110 Å². The lowest BCUT2D eigenvalue weighted by atomic mass is 10.3. The van der Waals surface area contributed by atoms with Crippen molar-refractivity contribution in [3.8, 4) is 5.75 Å². The zero-order valence-electron chi connectivity index (χ0n) is 7.48. The van der Waals surface area contributed by atoms with Gasteiger partial charge in [0.25, 0.3) is 0 Å². The third kappa shape index (κ3) is 3.29. The van der Waals surface area contributed by atoms with Crippen LogP contribution in [0.25, 0.3) is 0 Å². The van der Waals surface area contributed by atoms with Gasteiger partial charge in [0.05, 0.1) is 0 Å². The summed E-state index contributed by atoms with van der Waals surface area (Å²) in [5.41, 5.74) is 0. The average Bonchev–Trinajstić information content (AvgIpc) is 2.64. The van der Waals surface area contributed by atoms with E-state index in [1.165, 1.54) is 11.5 Å². The molecule has 1 heterocycles. The van der Waals surface area contributed by atoms with Crippen LogP contribution in [0.5, 0.6) is 5.75 Å². The second-order valence-electron chi connectivity index (χ2n) is 2.70. The number of nitrogens with zero attached hydrogens (tertiary/aromatic N) is 2. The van der Waals surface area contributed by atoms with Crippen LogP contribution >= 0.6 is 45.7 Å². The topological polar surface area (TPSA) is 35.0 Å². The monoisotopic (exact) mass is 352 g/mol. The van der Waals surface area contributed by atoms with Crippen molar-refractivity contribution >= 4 is 45.7 Å². The van der Waals surface area contributed by atoms with E-state index in [-0.39, 0.29) is 0 Å². The number of halogens is 2. The second kappa shape index (κ2) is 5.09. The van der Waals surface area contributed by atoms with Crippen LogP contribution in [0.15, 0.2) is 24.3 Å². The molecule has 3 nitrogen and oxygen atoms in total. The van der Waals surface area contributed by atoms with Crippen molar-refractivity contribution < 1.29 is 4.74 Å². The summed E-state index contributed by atoms with van der Waals surface area (Å²) in [6.07, 6.45) is 0. The van der Waals surface area contributed by atoms with Crippen molar-refractivity contribution in [2.45, 2.75) is 6.61 Å². The van der Waals surface area contributed by atoms with E-state index in [1.807, 2.05) is 12.1 Å². The smallest absolute Gasteiger partial charge is 0.203 e. The highest BCUT2D eigenvalue weighted by molar-refractivity contribution is 14.1. The van der Waals surface area contributed by atoms with Gasteiger partial charge < -0.3 is 4.74 Å². The SMILES string of the molecule is Clc1ccc(OCc2nc(I)ns2)cc1. The van der Waals surface area contributed by atoms with Gasteiger partial charge in [-0.25, -0.2) is 4.98 Å². The van der Waals surface area contributed by atoms with Crippen molar-refractivity contribution in [1.29, 1.82) is 0 Å². The molecule has 0 spiro atoms. The first-order valence-electron chi connectivity index (χ1n) is 4.10. The fourth-order valence-electron chi connectivity index (χ4n) is 0.969. The molecule has 0 aliphatic heterocycles. The molecule has 0 saturated heterocycles. The minimum Gasteiger partial charge on any atom is -0.486 e. The largest absolute Gasteiger partial charge is 0.486 e. The predicted molar refractivity (Wildman–Crippen MR) is 68.4 cm³/mol. The molecule has 0 aliphatic rings. The molecular formula is C9H6ClIN2OS. The number of aromatic nitrogens is 2. The van der Waals surface area contributed by atoms with Gasteiger partial charge in [0.1, 0.15) is 12.4 Å². The maximum Gasteiger partial charge on any atom is 0.203 e. The van der Waals surface area contributed by atoms with Crippen LogP contribution in [0, 0.1) is 3.83 Å². The molecule has 2 aromatic rings. The fraction of sp³-hybridized carbons (Fsp3) is 0.111. The minimum atomic E-state index is 0.447. The molecule has 0 aliphatic carbocycles. The van der Waals surface area contributed by atoms with E-state index in [1.54, 1.807) is 12.1 Å². The van der Waals surface area contributed by atoms with Crippen LogP contribution < -0.4 is 4.74 Å². The van der Waals surface area contributed by atoms with E-state index in [0.717, 1.165) is 14.6 Å². The van der Waals surface area contributed by atoms with Crippen molar-refractivity contribution in [2.75, 3.05) is 0 Å². The standard InChI is InChI=1S/C9H6ClIN2OS/c10-6-1-3-7(4-2-6)14-5-8-12-9(11)13-15-8/h1-4H,5H2. The number of hydrogen-bond donors (Lipinski definition) is 0. The van der Waals surface area contributed by atoms with Gasteiger partial charge in [-0.3, -0.25) is 0 Å². The number of ether oxygens (including phenoxy) is 1. The van der Waals surface area contributed by atoms with E-state index >= 15 is 0 Å². The normalized spacial score (nSPS) is 10.3. The molecule has 78 valence electrons. The zero-order chi connectivity index (χ0) is 10.7. The van der Waals surface area contributed by atoms with E-state index in [9.17, 15) is 0 Å². The Morgan fingerprint density at radius 3 is 2.67 bits per heavy atom. The molecule has 1 aromatic carbocycles. The Balaban J connectivity index is 1.96. The summed E-state index contributed by atoms with van der Waals surface area (Å²) >= 11 is 9.18. The quantitative estimate of drug-likeness (QED) is 0.795. The minimum absolute atomic E-state index is 0.447. The number of hydrogen-bond acceptors (Lipinski definition) is 4. The van der Waals surface area contributed by atoms with Crippen molar-refractivity contribution in [3.05, 3.63) is 38.1 Å². The van der Waals surface area contributed by atoms with Gasteiger partial charge in [0.2, 0.25) is 3.83 Å². The molecule has 2 rings (SSSR count). The summed E-state index contributed by atoms with van der Waals surface area (Å²) < 4.78 is 10.3. The van der Waals surface area contributed by atoms with Gasteiger partial charge in [0, 0.05) is 27.6 Å².